The van der Waals surface area contributed by atoms with Crippen LogP contribution in [0.1, 0.15) is 24.7 Å². The van der Waals surface area contributed by atoms with E-state index in [1.807, 2.05) is 24.3 Å². The van der Waals surface area contributed by atoms with Crippen LogP contribution in [0.5, 0.6) is 0 Å². The van der Waals surface area contributed by atoms with Crippen molar-refractivity contribution in [2.75, 3.05) is 0 Å². The summed E-state index contributed by atoms with van der Waals surface area (Å²) < 4.78 is 0. The Hall–Kier alpha value is -1.28. The summed E-state index contributed by atoms with van der Waals surface area (Å²) in [6.45, 7) is 4.23. The second kappa shape index (κ2) is 4.71. The van der Waals surface area contributed by atoms with E-state index in [0.29, 0.717) is 0 Å². The van der Waals surface area contributed by atoms with Crippen LogP contribution < -0.4 is 0 Å². The van der Waals surface area contributed by atoms with Gasteiger partial charge in [0.2, 0.25) is 0 Å². The zero-order chi connectivity index (χ0) is 11.5. The van der Waals surface area contributed by atoms with Gasteiger partial charge in [0, 0.05) is 16.3 Å². The van der Waals surface area contributed by atoms with Crippen molar-refractivity contribution in [3.8, 4) is 11.4 Å². The molecule has 0 atom stereocenters. The summed E-state index contributed by atoms with van der Waals surface area (Å²) in [5.41, 5.74) is 3.40. The molecule has 0 aliphatic carbocycles. The minimum Gasteiger partial charge on any atom is -0.342 e. The number of benzene rings is 1. The molecule has 0 unspecified atom stereocenters. The molecule has 84 valence electrons. The van der Waals surface area contributed by atoms with E-state index in [2.05, 4.69) is 23.8 Å². The van der Waals surface area contributed by atoms with Crippen LogP contribution in [0.2, 0.25) is 5.02 Å². The Morgan fingerprint density at radius 2 is 1.94 bits per heavy atom. The molecule has 2 rings (SSSR count). The molecule has 3 heteroatoms. The van der Waals surface area contributed by atoms with Gasteiger partial charge in [-0.25, -0.2) is 4.98 Å². The van der Waals surface area contributed by atoms with E-state index in [1.54, 1.807) is 0 Å². The first-order chi connectivity index (χ1) is 7.70. The van der Waals surface area contributed by atoms with Gasteiger partial charge in [-0.2, -0.15) is 0 Å². The number of nitrogens with one attached hydrogen (secondary N) is 1. The average molecular weight is 235 g/mol. The van der Waals surface area contributed by atoms with Crippen molar-refractivity contribution in [1.29, 1.82) is 0 Å². The van der Waals surface area contributed by atoms with Gasteiger partial charge in [0.1, 0.15) is 5.82 Å². The topological polar surface area (TPSA) is 28.7 Å². The van der Waals surface area contributed by atoms with Gasteiger partial charge in [-0.15, -0.1) is 0 Å². The number of hydrogen-bond acceptors (Lipinski definition) is 1. The standard InChI is InChI=1S/C13H15ClN2/c1-3-4-12-9(2)15-13(16-12)10-5-7-11(14)8-6-10/h5-8H,3-4H2,1-2H3,(H,15,16). The summed E-state index contributed by atoms with van der Waals surface area (Å²) in [5.74, 6) is 0.928. The lowest BCUT2D eigenvalue weighted by atomic mass is 10.2. The van der Waals surface area contributed by atoms with Crippen molar-refractivity contribution in [1.82, 2.24) is 9.97 Å². The van der Waals surface area contributed by atoms with Gasteiger partial charge < -0.3 is 4.98 Å². The average Bonchev–Trinajstić information content (AvgIpc) is 2.62. The number of aromatic nitrogens is 2. The van der Waals surface area contributed by atoms with E-state index in [-0.39, 0.29) is 0 Å². The lowest BCUT2D eigenvalue weighted by Crippen LogP contribution is -1.85. The van der Waals surface area contributed by atoms with Gasteiger partial charge in [-0.05, 0) is 37.6 Å². The van der Waals surface area contributed by atoms with Crippen molar-refractivity contribution in [2.24, 2.45) is 0 Å². The van der Waals surface area contributed by atoms with Crippen LogP contribution in [0.3, 0.4) is 0 Å². The molecule has 0 saturated carbocycles. The van der Waals surface area contributed by atoms with Crippen molar-refractivity contribution in [3.63, 3.8) is 0 Å². The Kier molecular flexibility index (Phi) is 3.30. The summed E-state index contributed by atoms with van der Waals surface area (Å²) in [7, 11) is 0. The summed E-state index contributed by atoms with van der Waals surface area (Å²) in [4.78, 5) is 7.91. The van der Waals surface area contributed by atoms with Crippen LogP contribution in [0.25, 0.3) is 11.4 Å². The molecule has 16 heavy (non-hydrogen) atoms. The fourth-order valence-corrected chi connectivity index (χ4v) is 1.85. The SMILES string of the molecule is CCCc1nc(-c2ccc(Cl)cc2)[nH]c1C. The normalized spacial score (nSPS) is 10.7. The van der Waals surface area contributed by atoms with Crippen LogP contribution >= 0.6 is 11.6 Å². The maximum Gasteiger partial charge on any atom is 0.137 e. The van der Waals surface area contributed by atoms with Crippen LogP contribution in [0, 0.1) is 6.92 Å². The highest BCUT2D eigenvalue weighted by atomic mass is 35.5. The first-order valence-electron chi connectivity index (χ1n) is 5.52. The zero-order valence-electron chi connectivity index (χ0n) is 9.55. The van der Waals surface area contributed by atoms with E-state index in [4.69, 9.17) is 11.6 Å². The molecule has 0 aliphatic rings. The zero-order valence-corrected chi connectivity index (χ0v) is 10.3. The Labute approximate surface area is 101 Å². The number of halogens is 1. The van der Waals surface area contributed by atoms with Gasteiger partial charge in [-0.1, -0.05) is 24.9 Å². The van der Waals surface area contributed by atoms with Gasteiger partial charge >= 0.3 is 0 Å². The van der Waals surface area contributed by atoms with Gasteiger partial charge in [0.05, 0.1) is 5.69 Å². The smallest absolute Gasteiger partial charge is 0.137 e. The number of rotatable bonds is 3. The third-order valence-electron chi connectivity index (χ3n) is 2.59. The first kappa shape index (κ1) is 11.2. The molecule has 0 amide bonds. The van der Waals surface area contributed by atoms with E-state index < -0.39 is 0 Å². The van der Waals surface area contributed by atoms with Crippen LogP contribution in [-0.4, -0.2) is 9.97 Å². The molecule has 0 fully saturated rings. The van der Waals surface area contributed by atoms with Crippen LogP contribution in [-0.2, 0) is 6.42 Å². The van der Waals surface area contributed by atoms with Crippen molar-refractivity contribution in [2.45, 2.75) is 26.7 Å². The predicted molar refractivity (Wildman–Crippen MR) is 67.8 cm³/mol. The maximum absolute atomic E-state index is 5.85. The minimum absolute atomic E-state index is 0.751. The van der Waals surface area contributed by atoms with Gasteiger partial charge in [0.25, 0.3) is 0 Å². The van der Waals surface area contributed by atoms with E-state index in [1.165, 1.54) is 0 Å². The molecule has 1 N–H and O–H groups in total. The largest absolute Gasteiger partial charge is 0.342 e. The summed E-state index contributed by atoms with van der Waals surface area (Å²) in [5, 5.41) is 0.751. The molecule has 0 spiro atoms. The molecule has 1 heterocycles. The monoisotopic (exact) mass is 234 g/mol. The van der Waals surface area contributed by atoms with E-state index in [0.717, 1.165) is 40.6 Å². The maximum atomic E-state index is 5.85. The Morgan fingerprint density at radius 1 is 1.25 bits per heavy atom. The lowest BCUT2D eigenvalue weighted by Gasteiger charge is -1.96. The fourth-order valence-electron chi connectivity index (χ4n) is 1.72. The molecule has 0 saturated heterocycles. The predicted octanol–water partition coefficient (Wildman–Crippen LogP) is 3.99. The second-order valence-corrected chi connectivity index (χ2v) is 4.35. The number of imidazole rings is 1. The van der Waals surface area contributed by atoms with E-state index in [9.17, 15) is 0 Å². The third kappa shape index (κ3) is 2.27. The Bertz CT molecular complexity index is 471. The van der Waals surface area contributed by atoms with Crippen molar-refractivity contribution >= 4 is 11.6 Å². The fraction of sp³-hybridized carbons (Fsp3) is 0.308. The van der Waals surface area contributed by atoms with E-state index >= 15 is 0 Å². The molecule has 0 aliphatic heterocycles. The number of hydrogen-bond donors (Lipinski definition) is 1. The molecular formula is C13H15ClN2. The molecule has 1 aromatic heterocycles. The third-order valence-corrected chi connectivity index (χ3v) is 2.84. The molecule has 0 radical (unpaired) electrons. The molecule has 0 bridgehead atoms. The second-order valence-electron chi connectivity index (χ2n) is 3.91. The van der Waals surface area contributed by atoms with Crippen LogP contribution in [0.4, 0.5) is 0 Å². The molecule has 1 aromatic carbocycles. The summed E-state index contributed by atoms with van der Waals surface area (Å²) in [6.07, 6.45) is 2.14. The Morgan fingerprint density at radius 3 is 2.56 bits per heavy atom. The van der Waals surface area contributed by atoms with Crippen molar-refractivity contribution < 1.29 is 0 Å². The van der Waals surface area contributed by atoms with Crippen molar-refractivity contribution in [3.05, 3.63) is 40.7 Å². The van der Waals surface area contributed by atoms with Gasteiger partial charge in [-0.3, -0.25) is 0 Å². The number of nitrogens with zero attached hydrogens (tertiary/aromatic N) is 1. The number of aryl methyl sites for hydroxylation is 2. The highest BCUT2D eigenvalue weighted by molar-refractivity contribution is 6.30. The highest BCUT2D eigenvalue weighted by Gasteiger charge is 2.07. The highest BCUT2D eigenvalue weighted by Crippen LogP contribution is 2.20. The Balaban J connectivity index is 2.33. The quantitative estimate of drug-likeness (QED) is 0.855. The lowest BCUT2D eigenvalue weighted by molar-refractivity contribution is 0.883. The minimum atomic E-state index is 0.751. The number of H-pyrrole nitrogens is 1. The summed E-state index contributed by atoms with van der Waals surface area (Å²) >= 11 is 5.85. The summed E-state index contributed by atoms with van der Waals surface area (Å²) in [6, 6.07) is 7.73. The number of aromatic amines is 1. The molecule has 2 aromatic rings. The first-order valence-corrected chi connectivity index (χ1v) is 5.90. The van der Waals surface area contributed by atoms with Gasteiger partial charge in [0.15, 0.2) is 0 Å². The van der Waals surface area contributed by atoms with Crippen LogP contribution in [0.15, 0.2) is 24.3 Å². The molecular weight excluding hydrogens is 220 g/mol. The molecule has 2 nitrogen and oxygen atoms in total.